The Labute approximate surface area is 155 Å². The van der Waals surface area contributed by atoms with E-state index in [1.54, 1.807) is 0 Å². The summed E-state index contributed by atoms with van der Waals surface area (Å²) in [5.74, 6) is 0.298. The Hall–Kier alpha value is -1.05. The fourth-order valence-corrected chi connectivity index (χ4v) is 4.35. The van der Waals surface area contributed by atoms with Gasteiger partial charge in [0.25, 0.3) is 0 Å². The number of rotatable bonds is 12. The van der Waals surface area contributed by atoms with Gasteiger partial charge in [-0.2, -0.15) is 0 Å². The van der Waals surface area contributed by atoms with E-state index in [9.17, 15) is 4.79 Å². The van der Waals surface area contributed by atoms with E-state index >= 15 is 0 Å². The molecule has 0 aliphatic heterocycles. The van der Waals surface area contributed by atoms with Crippen LogP contribution in [0.25, 0.3) is 0 Å². The van der Waals surface area contributed by atoms with Crippen molar-refractivity contribution in [3.63, 3.8) is 0 Å². The standard InChI is InChI=1S/C23H38O2/c1-4-5-6-7-8-9-10-11-12-13-18-25-22(24)23-16-14-21(15-17-23)19(2)20(23)3/h14,16,20H,4-13,15,17-18H2,1-3H3. The van der Waals surface area contributed by atoms with Crippen LogP contribution in [0, 0.1) is 11.3 Å². The Balaban J connectivity index is 1.55. The third kappa shape index (κ3) is 5.21. The molecule has 0 heterocycles. The molecule has 2 nitrogen and oxygen atoms in total. The molecule has 142 valence electrons. The molecule has 0 aromatic heterocycles. The van der Waals surface area contributed by atoms with Crippen LogP contribution in [0.4, 0.5) is 0 Å². The highest BCUT2D eigenvalue weighted by Crippen LogP contribution is 2.50. The molecule has 2 unspecified atom stereocenters. The minimum Gasteiger partial charge on any atom is -0.465 e. The lowest BCUT2D eigenvalue weighted by atomic mass is 9.61. The SMILES string of the molecule is CCCCCCCCCCCCOC(=O)C12C=CC(=C(C)C1C)CC2. The smallest absolute Gasteiger partial charge is 0.316 e. The van der Waals surface area contributed by atoms with Crippen LogP contribution in [0.1, 0.15) is 97.8 Å². The van der Waals surface area contributed by atoms with Crippen LogP contribution < -0.4 is 0 Å². The third-order valence-corrected chi connectivity index (χ3v) is 6.43. The van der Waals surface area contributed by atoms with Gasteiger partial charge in [-0.05, 0) is 37.7 Å². The summed E-state index contributed by atoms with van der Waals surface area (Å²) < 4.78 is 5.68. The number of esters is 1. The first-order chi connectivity index (χ1) is 12.1. The summed E-state index contributed by atoms with van der Waals surface area (Å²) in [6, 6.07) is 0. The van der Waals surface area contributed by atoms with Crippen molar-refractivity contribution in [1.82, 2.24) is 0 Å². The Morgan fingerprint density at radius 3 is 2.24 bits per heavy atom. The molecule has 3 rings (SSSR count). The first-order valence-electron chi connectivity index (χ1n) is 10.7. The van der Waals surface area contributed by atoms with E-state index in [0.29, 0.717) is 12.5 Å². The summed E-state index contributed by atoms with van der Waals surface area (Å²) in [7, 11) is 0. The monoisotopic (exact) mass is 346 g/mol. The van der Waals surface area contributed by atoms with Gasteiger partial charge in [-0.3, -0.25) is 4.79 Å². The molecule has 0 saturated heterocycles. The van der Waals surface area contributed by atoms with E-state index in [1.807, 2.05) is 0 Å². The van der Waals surface area contributed by atoms with E-state index in [1.165, 1.54) is 68.9 Å². The van der Waals surface area contributed by atoms with Gasteiger partial charge in [0.1, 0.15) is 0 Å². The summed E-state index contributed by atoms with van der Waals surface area (Å²) in [4.78, 5) is 12.7. The lowest BCUT2D eigenvalue weighted by Gasteiger charge is -2.43. The molecule has 3 aliphatic rings. The first kappa shape index (κ1) is 20.3. The predicted molar refractivity (Wildman–Crippen MR) is 105 cm³/mol. The van der Waals surface area contributed by atoms with E-state index < -0.39 is 0 Å². The van der Waals surface area contributed by atoms with Gasteiger partial charge in [0.15, 0.2) is 0 Å². The number of allylic oxidation sites excluding steroid dienone is 3. The number of hydrogen-bond acceptors (Lipinski definition) is 2. The number of hydrogen-bond donors (Lipinski definition) is 0. The van der Waals surface area contributed by atoms with Crippen molar-refractivity contribution in [2.24, 2.45) is 11.3 Å². The molecule has 0 radical (unpaired) electrons. The molecule has 2 bridgehead atoms. The molecule has 25 heavy (non-hydrogen) atoms. The Kier molecular flexibility index (Phi) is 8.26. The Bertz CT molecular complexity index is 488. The number of ether oxygens (including phenoxy) is 1. The largest absolute Gasteiger partial charge is 0.465 e. The zero-order valence-electron chi connectivity index (χ0n) is 16.7. The molecule has 0 amide bonds. The van der Waals surface area contributed by atoms with Gasteiger partial charge in [0.05, 0.1) is 12.0 Å². The van der Waals surface area contributed by atoms with Crippen molar-refractivity contribution < 1.29 is 9.53 Å². The Morgan fingerprint density at radius 2 is 1.68 bits per heavy atom. The molecular weight excluding hydrogens is 308 g/mol. The zero-order chi connectivity index (χ0) is 18.1. The topological polar surface area (TPSA) is 26.3 Å². The molecule has 0 N–H and O–H groups in total. The number of unbranched alkanes of at least 4 members (excludes halogenated alkanes) is 9. The lowest BCUT2D eigenvalue weighted by molar-refractivity contribution is -0.156. The van der Waals surface area contributed by atoms with Crippen LogP contribution in [-0.2, 0) is 9.53 Å². The second-order valence-electron chi connectivity index (χ2n) is 8.12. The van der Waals surface area contributed by atoms with Crippen molar-refractivity contribution in [2.75, 3.05) is 6.61 Å². The van der Waals surface area contributed by atoms with Crippen molar-refractivity contribution in [3.05, 3.63) is 23.3 Å². The molecule has 2 atom stereocenters. The van der Waals surface area contributed by atoms with Gasteiger partial charge in [-0.15, -0.1) is 0 Å². The minimum atomic E-state index is -0.385. The quantitative estimate of drug-likeness (QED) is 0.288. The zero-order valence-corrected chi connectivity index (χ0v) is 16.7. The van der Waals surface area contributed by atoms with Gasteiger partial charge >= 0.3 is 5.97 Å². The maximum absolute atomic E-state index is 12.7. The second-order valence-corrected chi connectivity index (χ2v) is 8.12. The van der Waals surface area contributed by atoms with Gasteiger partial charge < -0.3 is 4.74 Å². The maximum atomic E-state index is 12.7. The fraction of sp³-hybridized carbons (Fsp3) is 0.783. The highest BCUT2D eigenvalue weighted by Gasteiger charge is 2.48. The lowest BCUT2D eigenvalue weighted by Crippen LogP contribution is -2.42. The van der Waals surface area contributed by atoms with Crippen LogP contribution in [0.3, 0.4) is 0 Å². The molecule has 0 saturated carbocycles. The summed E-state index contributed by atoms with van der Waals surface area (Å²) in [6.45, 7) is 7.21. The van der Waals surface area contributed by atoms with Crippen molar-refractivity contribution in [3.8, 4) is 0 Å². The van der Waals surface area contributed by atoms with E-state index in [-0.39, 0.29) is 11.4 Å². The van der Waals surface area contributed by atoms with Crippen LogP contribution in [0.5, 0.6) is 0 Å². The maximum Gasteiger partial charge on any atom is 0.316 e. The summed E-state index contributed by atoms with van der Waals surface area (Å²) >= 11 is 0. The average molecular weight is 347 g/mol. The molecule has 0 aromatic carbocycles. The van der Waals surface area contributed by atoms with Crippen LogP contribution in [0.2, 0.25) is 0 Å². The predicted octanol–water partition coefficient (Wildman–Crippen LogP) is 6.75. The number of carbonyl (C=O) groups excluding carboxylic acids is 1. The van der Waals surface area contributed by atoms with Gasteiger partial charge in [-0.1, -0.05) is 89.4 Å². The Morgan fingerprint density at radius 1 is 1.08 bits per heavy atom. The highest BCUT2D eigenvalue weighted by atomic mass is 16.5. The van der Waals surface area contributed by atoms with Crippen LogP contribution >= 0.6 is 0 Å². The molecule has 3 aliphatic carbocycles. The van der Waals surface area contributed by atoms with Crippen molar-refractivity contribution in [1.29, 1.82) is 0 Å². The van der Waals surface area contributed by atoms with E-state index in [4.69, 9.17) is 4.74 Å². The summed E-state index contributed by atoms with van der Waals surface area (Å²) in [6.07, 6.45) is 19.3. The summed E-state index contributed by atoms with van der Waals surface area (Å²) in [5.41, 5.74) is 2.42. The second kappa shape index (κ2) is 10.2. The molecule has 2 heteroatoms. The van der Waals surface area contributed by atoms with Crippen molar-refractivity contribution >= 4 is 5.97 Å². The van der Waals surface area contributed by atoms with Gasteiger partial charge in [0, 0.05) is 0 Å². The van der Waals surface area contributed by atoms with Gasteiger partial charge in [0.2, 0.25) is 0 Å². The van der Waals surface area contributed by atoms with E-state index in [2.05, 4.69) is 32.9 Å². The minimum absolute atomic E-state index is 0.00488. The highest BCUT2D eigenvalue weighted by molar-refractivity contribution is 5.81. The molecule has 0 aromatic rings. The number of fused-ring (bicyclic) bond motifs is 2. The van der Waals surface area contributed by atoms with Gasteiger partial charge in [-0.25, -0.2) is 0 Å². The third-order valence-electron chi connectivity index (χ3n) is 6.43. The summed E-state index contributed by atoms with van der Waals surface area (Å²) in [5, 5.41) is 0. The van der Waals surface area contributed by atoms with Crippen LogP contribution in [-0.4, -0.2) is 12.6 Å². The molecular formula is C23H38O2. The number of carbonyl (C=O) groups is 1. The van der Waals surface area contributed by atoms with E-state index in [0.717, 1.165) is 19.3 Å². The molecule has 0 fully saturated rings. The first-order valence-corrected chi connectivity index (χ1v) is 10.7. The average Bonchev–Trinajstić information content (AvgIpc) is 2.63. The fourth-order valence-electron chi connectivity index (χ4n) is 4.35. The molecule has 0 spiro atoms. The van der Waals surface area contributed by atoms with Crippen molar-refractivity contribution in [2.45, 2.75) is 97.8 Å². The normalized spacial score (nSPS) is 24.8. The van der Waals surface area contributed by atoms with Crippen LogP contribution in [0.15, 0.2) is 23.3 Å².